The van der Waals surface area contributed by atoms with Gasteiger partial charge in [-0.1, -0.05) is 19.1 Å². The molecule has 0 unspecified atom stereocenters. The molecule has 4 nitrogen and oxygen atoms in total. The molecule has 0 bridgehead atoms. The number of hydrogen-bond acceptors (Lipinski definition) is 2. The summed E-state index contributed by atoms with van der Waals surface area (Å²) in [4.78, 5) is 17.2. The standard InChI is InChI=1S/C15H20N2O2/c1-3-6-17(7-8-18)15(19)14-10-12-5-4-11(2)9-13(12)16-14/h4-5,9-10,16,18H,3,6-8H2,1-2H3. The van der Waals surface area contributed by atoms with Crippen molar-refractivity contribution >= 4 is 16.8 Å². The SMILES string of the molecule is CCCN(CCO)C(=O)c1cc2ccc(C)cc2[nH]1. The van der Waals surface area contributed by atoms with Crippen molar-refractivity contribution in [1.29, 1.82) is 0 Å². The Morgan fingerprint density at radius 3 is 2.79 bits per heavy atom. The first-order chi connectivity index (χ1) is 9.15. The first-order valence-electron chi connectivity index (χ1n) is 6.65. The summed E-state index contributed by atoms with van der Waals surface area (Å²) >= 11 is 0. The molecular weight excluding hydrogens is 240 g/mol. The number of benzene rings is 1. The van der Waals surface area contributed by atoms with Gasteiger partial charge in [-0.15, -0.1) is 0 Å². The molecule has 0 aliphatic carbocycles. The van der Waals surface area contributed by atoms with Gasteiger partial charge in [0.2, 0.25) is 0 Å². The number of aliphatic hydroxyl groups excluding tert-OH is 1. The number of aromatic amines is 1. The minimum Gasteiger partial charge on any atom is -0.395 e. The predicted octanol–water partition coefficient (Wildman–Crippen LogP) is 2.32. The van der Waals surface area contributed by atoms with Crippen LogP contribution in [0.3, 0.4) is 0 Å². The van der Waals surface area contributed by atoms with E-state index in [2.05, 4.69) is 4.98 Å². The van der Waals surface area contributed by atoms with Gasteiger partial charge in [0.15, 0.2) is 0 Å². The Balaban J connectivity index is 2.29. The smallest absolute Gasteiger partial charge is 0.270 e. The third kappa shape index (κ3) is 2.96. The lowest BCUT2D eigenvalue weighted by Gasteiger charge is -2.20. The maximum Gasteiger partial charge on any atom is 0.270 e. The number of aryl methyl sites for hydroxylation is 1. The second-order valence-electron chi connectivity index (χ2n) is 4.79. The van der Waals surface area contributed by atoms with Crippen molar-refractivity contribution in [3.63, 3.8) is 0 Å². The monoisotopic (exact) mass is 260 g/mol. The first-order valence-corrected chi connectivity index (χ1v) is 6.65. The van der Waals surface area contributed by atoms with Crippen LogP contribution in [-0.4, -0.2) is 40.6 Å². The van der Waals surface area contributed by atoms with Crippen LogP contribution in [0, 0.1) is 6.92 Å². The fourth-order valence-electron chi connectivity index (χ4n) is 2.23. The third-order valence-corrected chi connectivity index (χ3v) is 3.16. The summed E-state index contributed by atoms with van der Waals surface area (Å²) in [6.07, 6.45) is 0.880. The van der Waals surface area contributed by atoms with E-state index in [1.54, 1.807) is 4.90 Å². The van der Waals surface area contributed by atoms with E-state index < -0.39 is 0 Å². The summed E-state index contributed by atoms with van der Waals surface area (Å²) in [5, 5.41) is 10.1. The highest BCUT2D eigenvalue weighted by Gasteiger charge is 2.16. The average Bonchev–Trinajstić information content (AvgIpc) is 2.80. The van der Waals surface area contributed by atoms with E-state index in [0.717, 1.165) is 22.9 Å². The molecule has 4 heteroatoms. The number of hydrogen-bond donors (Lipinski definition) is 2. The van der Waals surface area contributed by atoms with E-state index in [1.807, 2.05) is 38.1 Å². The molecule has 2 aromatic rings. The zero-order valence-electron chi connectivity index (χ0n) is 11.4. The Bertz CT molecular complexity index is 569. The van der Waals surface area contributed by atoms with Crippen molar-refractivity contribution in [2.24, 2.45) is 0 Å². The topological polar surface area (TPSA) is 56.3 Å². The van der Waals surface area contributed by atoms with E-state index in [0.29, 0.717) is 18.8 Å². The van der Waals surface area contributed by atoms with Gasteiger partial charge in [-0.3, -0.25) is 4.79 Å². The normalized spacial score (nSPS) is 10.9. The lowest BCUT2D eigenvalue weighted by Crippen LogP contribution is -2.34. The number of H-pyrrole nitrogens is 1. The number of nitrogens with zero attached hydrogens (tertiary/aromatic N) is 1. The molecule has 1 amide bonds. The van der Waals surface area contributed by atoms with Gasteiger partial charge < -0.3 is 15.0 Å². The zero-order chi connectivity index (χ0) is 13.8. The van der Waals surface area contributed by atoms with Gasteiger partial charge in [-0.2, -0.15) is 0 Å². The molecule has 0 saturated carbocycles. The van der Waals surface area contributed by atoms with Crippen LogP contribution in [0.15, 0.2) is 24.3 Å². The molecule has 2 N–H and O–H groups in total. The summed E-state index contributed by atoms with van der Waals surface area (Å²) in [7, 11) is 0. The number of carbonyl (C=O) groups is 1. The highest BCUT2D eigenvalue weighted by Crippen LogP contribution is 2.18. The number of amides is 1. The van der Waals surface area contributed by atoms with Crippen LogP contribution in [0.1, 0.15) is 29.4 Å². The second-order valence-corrected chi connectivity index (χ2v) is 4.79. The second kappa shape index (κ2) is 5.89. The highest BCUT2D eigenvalue weighted by molar-refractivity contribution is 5.98. The van der Waals surface area contributed by atoms with E-state index >= 15 is 0 Å². The van der Waals surface area contributed by atoms with Crippen LogP contribution in [-0.2, 0) is 0 Å². The zero-order valence-corrected chi connectivity index (χ0v) is 11.4. The molecule has 0 aliphatic heterocycles. The first kappa shape index (κ1) is 13.6. The van der Waals surface area contributed by atoms with Gasteiger partial charge in [-0.05, 0) is 31.0 Å². The molecule has 1 heterocycles. The minimum absolute atomic E-state index is 0.00885. The van der Waals surface area contributed by atoms with Crippen molar-refractivity contribution in [3.8, 4) is 0 Å². The van der Waals surface area contributed by atoms with Gasteiger partial charge in [-0.25, -0.2) is 0 Å². The fourth-order valence-corrected chi connectivity index (χ4v) is 2.23. The van der Waals surface area contributed by atoms with Crippen LogP contribution in [0.4, 0.5) is 0 Å². The van der Waals surface area contributed by atoms with Crippen molar-refractivity contribution in [2.75, 3.05) is 19.7 Å². The summed E-state index contributed by atoms with van der Waals surface area (Å²) < 4.78 is 0. The third-order valence-electron chi connectivity index (χ3n) is 3.16. The largest absolute Gasteiger partial charge is 0.395 e. The van der Waals surface area contributed by atoms with Gasteiger partial charge in [0.25, 0.3) is 5.91 Å². The molecule has 102 valence electrons. The number of carbonyl (C=O) groups excluding carboxylic acids is 1. The minimum atomic E-state index is -0.0512. The summed E-state index contributed by atoms with van der Waals surface area (Å²) in [5.41, 5.74) is 2.72. The number of nitrogens with one attached hydrogen (secondary N) is 1. The maximum atomic E-state index is 12.4. The van der Waals surface area contributed by atoms with Crippen molar-refractivity contribution in [3.05, 3.63) is 35.5 Å². The molecule has 2 rings (SSSR count). The molecule has 0 fully saturated rings. The van der Waals surface area contributed by atoms with Crippen molar-refractivity contribution < 1.29 is 9.90 Å². The summed E-state index contributed by atoms with van der Waals surface area (Å²) in [6, 6.07) is 7.94. The van der Waals surface area contributed by atoms with E-state index in [4.69, 9.17) is 5.11 Å². The van der Waals surface area contributed by atoms with Crippen molar-refractivity contribution in [2.45, 2.75) is 20.3 Å². The molecule has 0 aliphatic rings. The maximum absolute atomic E-state index is 12.4. The van der Waals surface area contributed by atoms with Crippen molar-refractivity contribution in [1.82, 2.24) is 9.88 Å². The van der Waals surface area contributed by atoms with E-state index in [9.17, 15) is 4.79 Å². The Morgan fingerprint density at radius 2 is 2.11 bits per heavy atom. The number of rotatable bonds is 5. The average molecular weight is 260 g/mol. The van der Waals surface area contributed by atoms with Crippen LogP contribution >= 0.6 is 0 Å². The van der Waals surface area contributed by atoms with Crippen LogP contribution in [0.2, 0.25) is 0 Å². The van der Waals surface area contributed by atoms with E-state index in [1.165, 1.54) is 0 Å². The number of fused-ring (bicyclic) bond motifs is 1. The Hall–Kier alpha value is -1.81. The van der Waals surface area contributed by atoms with E-state index in [-0.39, 0.29) is 12.5 Å². The Labute approximate surface area is 113 Å². The molecule has 0 spiro atoms. The molecule has 0 radical (unpaired) electrons. The fraction of sp³-hybridized carbons (Fsp3) is 0.400. The number of aliphatic hydroxyl groups is 1. The molecule has 19 heavy (non-hydrogen) atoms. The molecular formula is C15H20N2O2. The van der Waals surface area contributed by atoms with Crippen LogP contribution < -0.4 is 0 Å². The summed E-state index contributed by atoms with van der Waals surface area (Å²) in [6.45, 7) is 5.07. The molecule has 1 aromatic heterocycles. The number of aromatic nitrogens is 1. The van der Waals surface area contributed by atoms with Gasteiger partial charge in [0.05, 0.1) is 6.61 Å². The van der Waals surface area contributed by atoms with Gasteiger partial charge >= 0.3 is 0 Å². The van der Waals surface area contributed by atoms with Crippen LogP contribution in [0.5, 0.6) is 0 Å². The Kier molecular flexibility index (Phi) is 4.22. The quantitative estimate of drug-likeness (QED) is 0.866. The molecule has 0 saturated heterocycles. The lowest BCUT2D eigenvalue weighted by atomic mass is 10.2. The van der Waals surface area contributed by atoms with Crippen LogP contribution in [0.25, 0.3) is 10.9 Å². The lowest BCUT2D eigenvalue weighted by molar-refractivity contribution is 0.0717. The molecule has 0 atom stereocenters. The predicted molar refractivity (Wildman–Crippen MR) is 76.3 cm³/mol. The molecule has 1 aromatic carbocycles. The highest BCUT2D eigenvalue weighted by atomic mass is 16.3. The van der Waals surface area contributed by atoms with Gasteiger partial charge in [0, 0.05) is 24.0 Å². The van der Waals surface area contributed by atoms with Gasteiger partial charge in [0.1, 0.15) is 5.69 Å². The Morgan fingerprint density at radius 1 is 1.32 bits per heavy atom. The summed E-state index contributed by atoms with van der Waals surface area (Å²) in [5.74, 6) is -0.0512.